The Bertz CT molecular complexity index is 300. The van der Waals surface area contributed by atoms with E-state index in [0.29, 0.717) is 0 Å². The van der Waals surface area contributed by atoms with E-state index in [0.717, 1.165) is 19.0 Å². The topological polar surface area (TPSA) is 28.2 Å². The van der Waals surface area contributed by atoms with Crippen LogP contribution in [0, 0.1) is 5.92 Å². The number of hydrogen-bond acceptors (Lipinski definition) is 4. The first-order valence-corrected chi connectivity index (χ1v) is 7.58. The van der Waals surface area contributed by atoms with Gasteiger partial charge < -0.3 is 5.32 Å². The van der Waals surface area contributed by atoms with Crippen molar-refractivity contribution in [3.63, 3.8) is 0 Å². The van der Waals surface area contributed by atoms with E-state index in [4.69, 9.17) is 0 Å². The number of hydrogen-bond donors (Lipinski definition) is 1. The number of nitrogens with one attached hydrogen (secondary N) is 1. The van der Waals surface area contributed by atoms with Crippen molar-refractivity contribution in [2.75, 3.05) is 26.2 Å². The highest BCUT2D eigenvalue weighted by Crippen LogP contribution is 2.18. The average Bonchev–Trinajstić information content (AvgIpc) is 2.83. The Hall–Kier alpha value is -0.450. The third-order valence-corrected chi connectivity index (χ3v) is 4.07. The molecule has 1 atom stereocenters. The number of thiazole rings is 1. The van der Waals surface area contributed by atoms with E-state index in [9.17, 15) is 0 Å². The molecule has 2 heterocycles. The fourth-order valence-electron chi connectivity index (χ4n) is 2.47. The van der Waals surface area contributed by atoms with Crippen molar-refractivity contribution in [2.45, 2.75) is 32.7 Å². The summed E-state index contributed by atoms with van der Waals surface area (Å²) in [5, 5.41) is 6.87. The number of aromatic nitrogens is 1. The minimum absolute atomic E-state index is 0.829. The first-order chi connectivity index (χ1) is 8.38. The van der Waals surface area contributed by atoms with E-state index in [1.165, 1.54) is 43.9 Å². The molecule has 1 aliphatic rings. The molecule has 1 fully saturated rings. The largest absolute Gasteiger partial charge is 0.316 e. The standard InChI is InChI=1S/C13H23N3S/c1-2-5-14-9-12-4-3-7-16(10-12)11-13-15-6-8-17-13/h6,8,12,14H,2-5,7,9-11H2,1H3. The van der Waals surface area contributed by atoms with Crippen LogP contribution in [0.1, 0.15) is 31.2 Å². The smallest absolute Gasteiger partial charge is 0.107 e. The van der Waals surface area contributed by atoms with Crippen LogP contribution in [0.15, 0.2) is 11.6 Å². The van der Waals surface area contributed by atoms with Gasteiger partial charge in [-0.25, -0.2) is 4.98 Å². The lowest BCUT2D eigenvalue weighted by Gasteiger charge is -2.32. The Labute approximate surface area is 108 Å². The molecule has 96 valence electrons. The lowest BCUT2D eigenvalue weighted by Crippen LogP contribution is -2.39. The van der Waals surface area contributed by atoms with E-state index in [1.54, 1.807) is 11.3 Å². The zero-order valence-corrected chi connectivity index (χ0v) is 11.5. The van der Waals surface area contributed by atoms with Gasteiger partial charge in [-0.15, -0.1) is 11.3 Å². The zero-order valence-electron chi connectivity index (χ0n) is 10.7. The number of likely N-dealkylation sites (tertiary alicyclic amines) is 1. The molecule has 3 nitrogen and oxygen atoms in total. The van der Waals surface area contributed by atoms with E-state index >= 15 is 0 Å². The second kappa shape index (κ2) is 7.09. The molecule has 0 radical (unpaired) electrons. The van der Waals surface area contributed by atoms with Crippen molar-refractivity contribution in [3.8, 4) is 0 Å². The zero-order chi connectivity index (χ0) is 11.9. The Morgan fingerprint density at radius 3 is 3.29 bits per heavy atom. The lowest BCUT2D eigenvalue weighted by atomic mass is 9.98. The summed E-state index contributed by atoms with van der Waals surface area (Å²) in [4.78, 5) is 6.93. The third-order valence-electron chi connectivity index (χ3n) is 3.31. The molecule has 1 unspecified atom stereocenters. The van der Waals surface area contributed by atoms with Gasteiger partial charge in [0, 0.05) is 18.1 Å². The Kier molecular flexibility index (Phi) is 5.42. The van der Waals surface area contributed by atoms with Crippen LogP contribution < -0.4 is 5.32 Å². The monoisotopic (exact) mass is 253 g/mol. The van der Waals surface area contributed by atoms with Crippen molar-refractivity contribution in [3.05, 3.63) is 16.6 Å². The van der Waals surface area contributed by atoms with Crippen molar-refractivity contribution in [2.24, 2.45) is 5.92 Å². The molecular formula is C13H23N3S. The first kappa shape index (κ1) is 13.0. The predicted octanol–water partition coefficient (Wildman–Crippen LogP) is 2.35. The van der Waals surface area contributed by atoms with Crippen LogP contribution in [0.2, 0.25) is 0 Å². The molecule has 4 heteroatoms. The molecule has 0 saturated carbocycles. The van der Waals surface area contributed by atoms with E-state index in [-0.39, 0.29) is 0 Å². The molecule has 0 bridgehead atoms. The summed E-state index contributed by atoms with van der Waals surface area (Å²) >= 11 is 1.77. The highest BCUT2D eigenvalue weighted by atomic mass is 32.1. The van der Waals surface area contributed by atoms with Gasteiger partial charge in [0.05, 0.1) is 6.54 Å². The van der Waals surface area contributed by atoms with E-state index in [2.05, 4.69) is 27.5 Å². The fraction of sp³-hybridized carbons (Fsp3) is 0.769. The Balaban J connectivity index is 1.72. The van der Waals surface area contributed by atoms with Crippen molar-refractivity contribution < 1.29 is 0 Å². The van der Waals surface area contributed by atoms with Crippen molar-refractivity contribution in [1.82, 2.24) is 15.2 Å². The summed E-state index contributed by atoms with van der Waals surface area (Å²) in [6, 6.07) is 0. The van der Waals surface area contributed by atoms with E-state index < -0.39 is 0 Å². The van der Waals surface area contributed by atoms with Crippen LogP contribution in [-0.2, 0) is 6.54 Å². The second-order valence-electron chi connectivity index (χ2n) is 4.87. The van der Waals surface area contributed by atoms with Crippen molar-refractivity contribution >= 4 is 11.3 Å². The molecule has 1 aromatic heterocycles. The summed E-state index contributed by atoms with van der Waals surface area (Å²) < 4.78 is 0. The summed E-state index contributed by atoms with van der Waals surface area (Å²) in [5.74, 6) is 0.829. The number of rotatable bonds is 6. The molecule has 1 aliphatic heterocycles. The molecule has 0 aliphatic carbocycles. The van der Waals surface area contributed by atoms with Crippen LogP contribution in [-0.4, -0.2) is 36.1 Å². The summed E-state index contributed by atoms with van der Waals surface area (Å²) in [7, 11) is 0. The van der Waals surface area contributed by atoms with Crippen LogP contribution in [0.3, 0.4) is 0 Å². The molecule has 2 rings (SSSR count). The fourth-order valence-corrected chi connectivity index (χ4v) is 3.12. The minimum atomic E-state index is 0.829. The summed E-state index contributed by atoms with van der Waals surface area (Å²) in [5.41, 5.74) is 0. The van der Waals surface area contributed by atoms with Gasteiger partial charge in [-0.3, -0.25) is 4.90 Å². The molecule has 1 N–H and O–H groups in total. The highest BCUT2D eigenvalue weighted by Gasteiger charge is 2.19. The Morgan fingerprint density at radius 1 is 1.59 bits per heavy atom. The quantitative estimate of drug-likeness (QED) is 0.789. The molecule has 1 saturated heterocycles. The maximum atomic E-state index is 4.37. The van der Waals surface area contributed by atoms with Gasteiger partial charge in [0.25, 0.3) is 0 Å². The minimum Gasteiger partial charge on any atom is -0.316 e. The number of nitrogens with zero attached hydrogens (tertiary/aromatic N) is 2. The van der Waals surface area contributed by atoms with E-state index in [1.807, 2.05) is 6.20 Å². The van der Waals surface area contributed by atoms with Crippen LogP contribution in [0.25, 0.3) is 0 Å². The maximum absolute atomic E-state index is 4.37. The molecule has 1 aromatic rings. The SMILES string of the molecule is CCCNCC1CCCN(Cc2nccs2)C1. The molecule has 0 amide bonds. The first-order valence-electron chi connectivity index (χ1n) is 6.70. The highest BCUT2D eigenvalue weighted by molar-refractivity contribution is 7.09. The van der Waals surface area contributed by atoms with Gasteiger partial charge in [-0.1, -0.05) is 6.92 Å². The van der Waals surface area contributed by atoms with Crippen LogP contribution >= 0.6 is 11.3 Å². The average molecular weight is 253 g/mol. The number of piperidine rings is 1. The normalized spacial score (nSPS) is 21.8. The maximum Gasteiger partial charge on any atom is 0.107 e. The van der Waals surface area contributed by atoms with Crippen LogP contribution in [0.5, 0.6) is 0 Å². The predicted molar refractivity (Wildman–Crippen MR) is 73.3 cm³/mol. The van der Waals surface area contributed by atoms with Gasteiger partial charge in [-0.05, 0) is 44.8 Å². The Morgan fingerprint density at radius 2 is 2.53 bits per heavy atom. The molecular weight excluding hydrogens is 230 g/mol. The van der Waals surface area contributed by atoms with Gasteiger partial charge in [0.2, 0.25) is 0 Å². The molecule has 0 spiro atoms. The molecule has 17 heavy (non-hydrogen) atoms. The van der Waals surface area contributed by atoms with Crippen molar-refractivity contribution in [1.29, 1.82) is 0 Å². The molecule has 0 aromatic carbocycles. The summed E-state index contributed by atoms with van der Waals surface area (Å²) in [6.07, 6.45) is 5.86. The van der Waals surface area contributed by atoms with Gasteiger partial charge in [0.1, 0.15) is 5.01 Å². The second-order valence-corrected chi connectivity index (χ2v) is 5.85. The van der Waals surface area contributed by atoms with Gasteiger partial charge in [0.15, 0.2) is 0 Å². The third kappa shape index (κ3) is 4.37. The van der Waals surface area contributed by atoms with Crippen LogP contribution in [0.4, 0.5) is 0 Å². The van der Waals surface area contributed by atoms with Gasteiger partial charge in [-0.2, -0.15) is 0 Å². The summed E-state index contributed by atoms with van der Waals surface area (Å²) in [6.45, 7) is 8.08. The lowest BCUT2D eigenvalue weighted by molar-refractivity contribution is 0.165. The van der Waals surface area contributed by atoms with Gasteiger partial charge >= 0.3 is 0 Å².